The van der Waals surface area contributed by atoms with Crippen LogP contribution in [0.4, 0.5) is 0 Å². The lowest BCUT2D eigenvalue weighted by Crippen LogP contribution is -2.54. The third-order valence-electron chi connectivity index (χ3n) is 10.4. The molecule has 4 saturated carbocycles. The van der Waals surface area contributed by atoms with E-state index in [1.54, 1.807) is 0 Å². The third kappa shape index (κ3) is 3.88. The van der Waals surface area contributed by atoms with Crippen LogP contribution in [0.15, 0.2) is 0 Å². The first-order valence-electron chi connectivity index (χ1n) is 12.9. The van der Waals surface area contributed by atoms with Gasteiger partial charge in [-0.3, -0.25) is 14.5 Å². The Morgan fingerprint density at radius 1 is 1.03 bits per heavy atom. The number of carbonyl (C=O) groups excluding carboxylic acids is 2. The molecule has 1 aliphatic heterocycles. The van der Waals surface area contributed by atoms with Crippen LogP contribution in [0.1, 0.15) is 78.1 Å². The zero-order valence-corrected chi connectivity index (χ0v) is 19.6. The highest BCUT2D eigenvalue weighted by Gasteiger charge is 2.61. The molecule has 1 saturated heterocycles. The van der Waals surface area contributed by atoms with Crippen molar-refractivity contribution in [3.63, 3.8) is 0 Å². The predicted octanol–water partition coefficient (Wildman–Crippen LogP) is 4.23. The Kier molecular flexibility index (Phi) is 5.96. The van der Waals surface area contributed by atoms with Gasteiger partial charge in [0.1, 0.15) is 11.9 Å². The van der Waals surface area contributed by atoms with Gasteiger partial charge >= 0.3 is 5.97 Å². The number of fused-ring (bicyclic) bond motifs is 5. The van der Waals surface area contributed by atoms with Crippen molar-refractivity contribution in [1.82, 2.24) is 4.90 Å². The minimum absolute atomic E-state index is 0.0121. The summed E-state index contributed by atoms with van der Waals surface area (Å²) in [6, 6.07) is 0. The van der Waals surface area contributed by atoms with Gasteiger partial charge < -0.3 is 9.47 Å². The van der Waals surface area contributed by atoms with Gasteiger partial charge in [-0.1, -0.05) is 13.8 Å². The molecule has 5 unspecified atom stereocenters. The molecular formula is C26H41NO4. The summed E-state index contributed by atoms with van der Waals surface area (Å²) < 4.78 is 11.6. The van der Waals surface area contributed by atoms with Crippen LogP contribution in [0.5, 0.6) is 0 Å². The van der Waals surface area contributed by atoms with Crippen LogP contribution < -0.4 is 0 Å². The van der Waals surface area contributed by atoms with Gasteiger partial charge in [-0.2, -0.15) is 0 Å². The maximum atomic E-state index is 12.7. The van der Waals surface area contributed by atoms with Crippen molar-refractivity contribution in [3.05, 3.63) is 0 Å². The van der Waals surface area contributed by atoms with Crippen molar-refractivity contribution in [2.24, 2.45) is 34.5 Å². The smallest absolute Gasteiger partial charge is 0.307 e. The van der Waals surface area contributed by atoms with Crippen molar-refractivity contribution in [2.75, 3.05) is 32.8 Å². The molecule has 5 aliphatic rings. The zero-order chi connectivity index (χ0) is 21.6. The largest absolute Gasteiger partial charge is 0.462 e. The van der Waals surface area contributed by atoms with E-state index >= 15 is 0 Å². The lowest BCUT2D eigenvalue weighted by molar-refractivity contribution is -0.164. The molecule has 0 aromatic rings. The number of carbonyl (C=O) groups is 2. The van der Waals surface area contributed by atoms with E-state index in [9.17, 15) is 9.59 Å². The van der Waals surface area contributed by atoms with Crippen LogP contribution in [0.2, 0.25) is 0 Å². The summed E-state index contributed by atoms with van der Waals surface area (Å²) in [5, 5.41) is 0. The number of nitrogens with zero attached hydrogens (tertiary/aromatic N) is 1. The van der Waals surface area contributed by atoms with E-state index in [0.29, 0.717) is 29.5 Å². The summed E-state index contributed by atoms with van der Waals surface area (Å²) in [6.07, 6.45) is 10.5. The normalized spacial score (nSPS) is 45.5. The number of esters is 1. The molecule has 0 spiro atoms. The molecule has 0 bridgehead atoms. The number of hydrogen-bond donors (Lipinski definition) is 0. The summed E-state index contributed by atoms with van der Waals surface area (Å²) in [5.74, 6) is 3.28. The second kappa shape index (κ2) is 8.44. The van der Waals surface area contributed by atoms with Gasteiger partial charge in [0, 0.05) is 37.9 Å². The van der Waals surface area contributed by atoms with Gasteiger partial charge in [-0.25, -0.2) is 0 Å². The summed E-state index contributed by atoms with van der Waals surface area (Å²) in [5.41, 5.74) is 0.495. The maximum absolute atomic E-state index is 12.7. The summed E-state index contributed by atoms with van der Waals surface area (Å²) in [4.78, 5) is 27.1. The van der Waals surface area contributed by atoms with E-state index in [-0.39, 0.29) is 17.5 Å². The fraction of sp³-hybridized carbons (Fsp3) is 0.923. The van der Waals surface area contributed by atoms with Gasteiger partial charge in [0.2, 0.25) is 0 Å². The monoisotopic (exact) mass is 431 g/mol. The van der Waals surface area contributed by atoms with E-state index < -0.39 is 0 Å². The quantitative estimate of drug-likeness (QED) is 0.624. The molecule has 0 N–H and O–H groups in total. The lowest BCUT2D eigenvalue weighted by atomic mass is 9.45. The van der Waals surface area contributed by atoms with Crippen molar-refractivity contribution < 1.29 is 19.1 Å². The molecule has 31 heavy (non-hydrogen) atoms. The Labute approximate surface area is 187 Å². The zero-order valence-electron chi connectivity index (χ0n) is 19.6. The van der Waals surface area contributed by atoms with Crippen molar-refractivity contribution in [2.45, 2.75) is 84.2 Å². The summed E-state index contributed by atoms with van der Waals surface area (Å²) in [7, 11) is 0. The van der Waals surface area contributed by atoms with Crippen LogP contribution in [-0.2, 0) is 19.1 Å². The molecule has 0 aromatic heterocycles. The van der Waals surface area contributed by atoms with E-state index in [1.165, 1.54) is 32.1 Å². The molecule has 4 aliphatic carbocycles. The van der Waals surface area contributed by atoms with Gasteiger partial charge in [-0.15, -0.1) is 0 Å². The SMILES string of the molecule is C[C@]12CCC(=O)CC1CCC1C2CC[C@]2(C)C(OC(=O)CCN3CCOCC3)CCC12. The average Bonchev–Trinajstić information content (AvgIpc) is 3.10. The Morgan fingerprint density at radius 3 is 2.61 bits per heavy atom. The molecule has 7 atom stereocenters. The molecule has 5 heteroatoms. The second-order valence-electron chi connectivity index (χ2n) is 11.7. The minimum Gasteiger partial charge on any atom is -0.462 e. The fourth-order valence-corrected chi connectivity index (χ4v) is 8.48. The number of ketones is 1. The van der Waals surface area contributed by atoms with Gasteiger partial charge in [-0.05, 0) is 74.0 Å². The van der Waals surface area contributed by atoms with Crippen LogP contribution in [0.3, 0.4) is 0 Å². The molecule has 174 valence electrons. The molecule has 5 rings (SSSR count). The number of hydrogen-bond acceptors (Lipinski definition) is 5. The molecule has 5 nitrogen and oxygen atoms in total. The fourth-order valence-electron chi connectivity index (χ4n) is 8.48. The Bertz CT molecular complexity index is 704. The summed E-state index contributed by atoms with van der Waals surface area (Å²) >= 11 is 0. The van der Waals surface area contributed by atoms with E-state index in [4.69, 9.17) is 9.47 Å². The van der Waals surface area contributed by atoms with E-state index in [1.807, 2.05) is 0 Å². The van der Waals surface area contributed by atoms with E-state index in [0.717, 1.165) is 70.4 Å². The summed E-state index contributed by atoms with van der Waals surface area (Å²) in [6.45, 7) is 9.09. The molecule has 1 heterocycles. The van der Waals surface area contributed by atoms with E-state index in [2.05, 4.69) is 18.7 Å². The second-order valence-corrected chi connectivity index (χ2v) is 11.7. The number of rotatable bonds is 4. The predicted molar refractivity (Wildman–Crippen MR) is 118 cm³/mol. The van der Waals surface area contributed by atoms with Crippen molar-refractivity contribution in [1.29, 1.82) is 0 Å². The highest BCUT2D eigenvalue weighted by molar-refractivity contribution is 5.79. The molecule has 0 amide bonds. The van der Waals surface area contributed by atoms with Gasteiger partial charge in [0.15, 0.2) is 0 Å². The van der Waals surface area contributed by atoms with Gasteiger partial charge in [0.25, 0.3) is 0 Å². The van der Waals surface area contributed by atoms with Crippen LogP contribution >= 0.6 is 0 Å². The Morgan fingerprint density at radius 2 is 1.81 bits per heavy atom. The Balaban J connectivity index is 1.22. The molecule has 0 aromatic carbocycles. The topological polar surface area (TPSA) is 55.8 Å². The van der Waals surface area contributed by atoms with Crippen molar-refractivity contribution in [3.8, 4) is 0 Å². The van der Waals surface area contributed by atoms with Crippen LogP contribution in [0.25, 0.3) is 0 Å². The third-order valence-corrected chi connectivity index (χ3v) is 10.4. The molecule has 0 radical (unpaired) electrons. The maximum Gasteiger partial charge on any atom is 0.307 e. The lowest BCUT2D eigenvalue weighted by Gasteiger charge is -2.60. The standard InChI is InChI=1S/C26H41NO4/c1-25-10-7-19(28)17-18(25)3-4-20-21-5-6-23(26(21,2)11-8-22(20)25)31-24(29)9-12-27-13-15-30-16-14-27/h18,20-23H,3-17H2,1-2H3/t18?,20?,21?,22?,23?,25-,26-/m0/s1. The Hall–Kier alpha value is -0.940. The molecule has 5 fully saturated rings. The van der Waals surface area contributed by atoms with Gasteiger partial charge in [0.05, 0.1) is 19.6 Å². The van der Waals surface area contributed by atoms with Crippen molar-refractivity contribution >= 4 is 11.8 Å². The number of Topliss-reactive ketones (excluding diaryl/α,β-unsaturated/α-hetero) is 1. The first-order chi connectivity index (χ1) is 14.9. The molecular weight excluding hydrogens is 390 g/mol. The highest BCUT2D eigenvalue weighted by Crippen LogP contribution is 2.66. The first-order valence-corrected chi connectivity index (χ1v) is 12.9. The van der Waals surface area contributed by atoms with Crippen LogP contribution in [-0.4, -0.2) is 55.6 Å². The average molecular weight is 432 g/mol. The number of morpholine rings is 1. The van der Waals surface area contributed by atoms with Crippen LogP contribution in [0, 0.1) is 34.5 Å². The highest BCUT2D eigenvalue weighted by atomic mass is 16.5. The first kappa shape index (κ1) is 21.9. The minimum atomic E-state index is -0.0121. The number of ether oxygens (including phenoxy) is 2.